The molecular weight excluding hydrogens is 372 g/mol. The number of hydrogen-bond acceptors (Lipinski definition) is 5. The maximum Gasteiger partial charge on any atom is 0.441 e. The van der Waals surface area contributed by atoms with Crippen LogP contribution >= 0.6 is 0 Å². The first kappa shape index (κ1) is 18.5. The summed E-state index contributed by atoms with van der Waals surface area (Å²) < 4.78 is 11.0. The third-order valence-electron chi connectivity index (χ3n) is 4.70. The lowest BCUT2D eigenvalue weighted by Gasteiger charge is -2.08. The summed E-state index contributed by atoms with van der Waals surface area (Å²) in [4.78, 5) is 37.3. The SMILES string of the molecule is COc1ccc(CCC(=O)Nn2c(=O)oc3cc4ccccc4cc3c2=O)cc1. The van der Waals surface area contributed by atoms with Crippen LogP contribution in [0.4, 0.5) is 0 Å². The second-order valence-electron chi connectivity index (χ2n) is 6.59. The van der Waals surface area contributed by atoms with Gasteiger partial charge in [-0.3, -0.25) is 15.0 Å². The fraction of sp³-hybridized carbons (Fsp3) is 0.136. The Hall–Kier alpha value is -3.87. The zero-order valence-electron chi connectivity index (χ0n) is 15.7. The van der Waals surface area contributed by atoms with Crippen LogP contribution < -0.4 is 21.5 Å². The molecule has 4 aromatic rings. The van der Waals surface area contributed by atoms with Crippen molar-refractivity contribution in [3.63, 3.8) is 0 Å². The number of carbonyl (C=O) groups excluding carboxylic acids is 1. The summed E-state index contributed by atoms with van der Waals surface area (Å²) in [6, 6.07) is 18.0. The van der Waals surface area contributed by atoms with E-state index in [0.29, 0.717) is 11.1 Å². The molecule has 0 spiro atoms. The van der Waals surface area contributed by atoms with E-state index in [0.717, 1.165) is 22.1 Å². The van der Waals surface area contributed by atoms with Gasteiger partial charge in [-0.15, -0.1) is 4.68 Å². The van der Waals surface area contributed by atoms with Crippen molar-refractivity contribution in [3.8, 4) is 5.75 Å². The van der Waals surface area contributed by atoms with Gasteiger partial charge in [0, 0.05) is 6.42 Å². The van der Waals surface area contributed by atoms with Crippen LogP contribution in [0.2, 0.25) is 0 Å². The number of carbonyl (C=O) groups is 1. The van der Waals surface area contributed by atoms with E-state index in [9.17, 15) is 14.4 Å². The van der Waals surface area contributed by atoms with E-state index >= 15 is 0 Å². The van der Waals surface area contributed by atoms with Gasteiger partial charge in [-0.25, -0.2) is 4.79 Å². The minimum absolute atomic E-state index is 0.105. The first-order chi connectivity index (χ1) is 14.0. The molecule has 0 radical (unpaired) electrons. The predicted molar refractivity (Wildman–Crippen MR) is 110 cm³/mol. The largest absolute Gasteiger partial charge is 0.497 e. The quantitative estimate of drug-likeness (QED) is 0.529. The maximum atomic E-state index is 12.7. The van der Waals surface area contributed by atoms with Crippen LogP contribution in [0.15, 0.2) is 74.7 Å². The summed E-state index contributed by atoms with van der Waals surface area (Å²) in [5, 5.41) is 1.91. The molecule has 1 heterocycles. The van der Waals surface area contributed by atoms with Crippen LogP contribution in [0, 0.1) is 0 Å². The van der Waals surface area contributed by atoms with Crippen molar-refractivity contribution < 1.29 is 13.9 Å². The molecule has 0 unspecified atom stereocenters. The van der Waals surface area contributed by atoms with Gasteiger partial charge < -0.3 is 9.15 Å². The van der Waals surface area contributed by atoms with E-state index in [4.69, 9.17) is 9.15 Å². The number of aromatic nitrogens is 1. The lowest BCUT2D eigenvalue weighted by Crippen LogP contribution is -2.42. The molecule has 0 saturated carbocycles. The highest BCUT2D eigenvalue weighted by Gasteiger charge is 2.13. The summed E-state index contributed by atoms with van der Waals surface area (Å²) in [7, 11) is 1.58. The van der Waals surface area contributed by atoms with Crippen LogP contribution in [-0.4, -0.2) is 17.7 Å². The minimum atomic E-state index is -0.935. The van der Waals surface area contributed by atoms with Crippen molar-refractivity contribution in [3.05, 3.63) is 87.1 Å². The monoisotopic (exact) mass is 390 g/mol. The fourth-order valence-corrected chi connectivity index (χ4v) is 3.14. The van der Waals surface area contributed by atoms with Crippen molar-refractivity contribution in [2.75, 3.05) is 12.5 Å². The lowest BCUT2D eigenvalue weighted by atomic mass is 10.1. The summed E-state index contributed by atoms with van der Waals surface area (Å²) in [6.07, 6.45) is 0.558. The number of hydrogen-bond donors (Lipinski definition) is 1. The molecule has 1 amide bonds. The van der Waals surface area contributed by atoms with Crippen molar-refractivity contribution >= 4 is 27.6 Å². The molecule has 3 aromatic carbocycles. The Morgan fingerprint density at radius 1 is 1.03 bits per heavy atom. The number of nitrogens with zero attached hydrogens (tertiary/aromatic N) is 1. The Bertz CT molecular complexity index is 1320. The number of nitrogens with one attached hydrogen (secondary N) is 1. The van der Waals surface area contributed by atoms with Crippen LogP contribution in [-0.2, 0) is 11.2 Å². The highest BCUT2D eigenvalue weighted by molar-refractivity contribution is 5.95. The number of ether oxygens (including phenoxy) is 1. The zero-order chi connectivity index (χ0) is 20.4. The second-order valence-corrected chi connectivity index (χ2v) is 6.59. The van der Waals surface area contributed by atoms with E-state index in [1.54, 1.807) is 31.4 Å². The van der Waals surface area contributed by atoms with E-state index in [1.165, 1.54) is 0 Å². The van der Waals surface area contributed by atoms with Gasteiger partial charge in [-0.1, -0.05) is 36.4 Å². The van der Waals surface area contributed by atoms with E-state index in [-0.39, 0.29) is 17.4 Å². The van der Waals surface area contributed by atoms with Gasteiger partial charge in [-0.05, 0) is 47.0 Å². The molecule has 0 saturated heterocycles. The van der Waals surface area contributed by atoms with Crippen LogP contribution in [0.5, 0.6) is 5.75 Å². The topological polar surface area (TPSA) is 90.5 Å². The number of fused-ring (bicyclic) bond motifs is 2. The maximum absolute atomic E-state index is 12.7. The van der Waals surface area contributed by atoms with Crippen molar-refractivity contribution in [2.45, 2.75) is 12.8 Å². The summed E-state index contributed by atoms with van der Waals surface area (Å²) >= 11 is 0. The highest BCUT2D eigenvalue weighted by atomic mass is 16.5. The normalized spacial score (nSPS) is 10.9. The van der Waals surface area contributed by atoms with Gasteiger partial charge in [0.2, 0.25) is 5.91 Å². The molecule has 1 aromatic heterocycles. The number of methoxy groups -OCH3 is 1. The molecule has 0 aliphatic rings. The molecule has 7 heteroatoms. The zero-order valence-corrected chi connectivity index (χ0v) is 15.7. The van der Waals surface area contributed by atoms with Crippen LogP contribution in [0.1, 0.15) is 12.0 Å². The smallest absolute Gasteiger partial charge is 0.441 e. The molecular formula is C22H18N2O5. The Kier molecular flexibility index (Phi) is 4.87. The standard InChI is InChI=1S/C22H18N2O5/c1-28-17-9-6-14(7-10-17)8-11-20(25)23-24-21(26)18-12-15-4-2-3-5-16(15)13-19(18)29-22(24)27/h2-7,9-10,12-13H,8,11H2,1H3,(H,23,25). The lowest BCUT2D eigenvalue weighted by molar-refractivity contribution is -0.117. The molecule has 0 fully saturated rings. The molecule has 7 nitrogen and oxygen atoms in total. The molecule has 146 valence electrons. The third-order valence-corrected chi connectivity index (χ3v) is 4.70. The number of benzene rings is 3. The van der Waals surface area contributed by atoms with Crippen molar-refractivity contribution in [1.82, 2.24) is 4.68 Å². The minimum Gasteiger partial charge on any atom is -0.497 e. The van der Waals surface area contributed by atoms with Gasteiger partial charge in [0.15, 0.2) is 0 Å². The number of rotatable bonds is 5. The molecule has 1 N–H and O–H groups in total. The first-order valence-corrected chi connectivity index (χ1v) is 9.06. The fourth-order valence-electron chi connectivity index (χ4n) is 3.14. The first-order valence-electron chi connectivity index (χ1n) is 9.06. The Morgan fingerprint density at radius 3 is 2.41 bits per heavy atom. The second kappa shape index (κ2) is 7.63. The van der Waals surface area contributed by atoms with E-state index in [1.807, 2.05) is 36.4 Å². The van der Waals surface area contributed by atoms with Crippen LogP contribution in [0.25, 0.3) is 21.7 Å². The summed E-state index contributed by atoms with van der Waals surface area (Å²) in [5.41, 5.74) is 2.84. The average Bonchev–Trinajstić information content (AvgIpc) is 2.74. The third kappa shape index (κ3) is 3.75. The van der Waals surface area contributed by atoms with Gasteiger partial charge >= 0.3 is 5.76 Å². The Balaban J connectivity index is 1.58. The predicted octanol–water partition coefficient (Wildman–Crippen LogP) is 2.82. The Labute approximate surface area is 165 Å². The van der Waals surface area contributed by atoms with Crippen LogP contribution in [0.3, 0.4) is 0 Å². The van der Waals surface area contributed by atoms with Gasteiger partial charge in [0.1, 0.15) is 11.3 Å². The summed E-state index contributed by atoms with van der Waals surface area (Å²) in [6.45, 7) is 0. The molecule has 4 rings (SSSR count). The van der Waals surface area contributed by atoms with Crippen molar-refractivity contribution in [1.29, 1.82) is 0 Å². The number of aryl methyl sites for hydroxylation is 1. The molecule has 0 atom stereocenters. The van der Waals surface area contributed by atoms with Gasteiger partial charge in [-0.2, -0.15) is 0 Å². The number of amides is 1. The highest BCUT2D eigenvalue weighted by Crippen LogP contribution is 2.19. The molecule has 0 aliphatic carbocycles. The molecule has 0 aliphatic heterocycles. The average molecular weight is 390 g/mol. The summed E-state index contributed by atoms with van der Waals surface area (Å²) in [5.74, 6) is -0.669. The van der Waals surface area contributed by atoms with E-state index < -0.39 is 17.2 Å². The Morgan fingerprint density at radius 2 is 1.72 bits per heavy atom. The molecule has 0 bridgehead atoms. The van der Waals surface area contributed by atoms with Crippen molar-refractivity contribution in [2.24, 2.45) is 0 Å². The van der Waals surface area contributed by atoms with E-state index in [2.05, 4.69) is 5.43 Å². The van der Waals surface area contributed by atoms with Gasteiger partial charge in [0.05, 0.1) is 12.5 Å². The van der Waals surface area contributed by atoms with Gasteiger partial charge in [0.25, 0.3) is 5.56 Å². The molecule has 29 heavy (non-hydrogen) atoms.